The summed E-state index contributed by atoms with van der Waals surface area (Å²) >= 11 is 7.65. The molecule has 2 heterocycles. The van der Waals surface area contributed by atoms with Gasteiger partial charge in [-0.3, -0.25) is 4.98 Å². The zero-order chi connectivity index (χ0) is 12.5. The molecule has 18 heavy (non-hydrogen) atoms. The molecule has 0 amide bonds. The van der Waals surface area contributed by atoms with Crippen molar-refractivity contribution >= 4 is 34.0 Å². The number of aryl methyl sites for hydroxylation is 1. The second-order valence-electron chi connectivity index (χ2n) is 4.16. The van der Waals surface area contributed by atoms with Crippen LogP contribution in [0.4, 0.5) is 0 Å². The first-order valence-electron chi connectivity index (χ1n) is 5.67. The molecule has 0 aliphatic rings. The van der Waals surface area contributed by atoms with Crippen molar-refractivity contribution in [2.75, 3.05) is 0 Å². The molecule has 0 fully saturated rings. The fourth-order valence-electron chi connectivity index (χ4n) is 2.16. The minimum absolute atomic E-state index is 0.424. The van der Waals surface area contributed by atoms with E-state index in [0.717, 1.165) is 17.9 Å². The van der Waals surface area contributed by atoms with Gasteiger partial charge in [-0.25, -0.2) is 4.98 Å². The Morgan fingerprint density at radius 3 is 3.00 bits per heavy atom. The number of fused-ring (bicyclic) bond motifs is 1. The molecule has 3 rings (SSSR count). The van der Waals surface area contributed by atoms with Gasteiger partial charge in [0.15, 0.2) is 0 Å². The summed E-state index contributed by atoms with van der Waals surface area (Å²) in [6, 6.07) is 6.16. The fourth-order valence-corrected chi connectivity index (χ4v) is 2.95. The molecule has 92 valence electrons. The second-order valence-corrected chi connectivity index (χ2v) is 5.40. The highest BCUT2D eigenvalue weighted by Gasteiger charge is 2.12. The summed E-state index contributed by atoms with van der Waals surface area (Å²) in [6.45, 7) is 2.89. The number of hydrogen-bond acceptors (Lipinski definition) is 3. The Morgan fingerprint density at radius 1 is 1.39 bits per heavy atom. The van der Waals surface area contributed by atoms with Crippen molar-refractivity contribution in [2.45, 2.75) is 19.3 Å². The fraction of sp³-hybridized carbons (Fsp3) is 0.231. The number of imidazole rings is 1. The van der Waals surface area contributed by atoms with Gasteiger partial charge in [0.2, 0.25) is 0 Å². The van der Waals surface area contributed by atoms with E-state index in [1.165, 1.54) is 16.0 Å². The minimum atomic E-state index is 0.424. The SMILES string of the molecule is Cc1cccc2nc(CCl)n(Cc3cncs3)c12. The van der Waals surface area contributed by atoms with Gasteiger partial charge in [0.05, 0.1) is 29.0 Å². The van der Waals surface area contributed by atoms with Crippen LogP contribution in [0, 0.1) is 6.92 Å². The Hall–Kier alpha value is -1.39. The minimum Gasteiger partial charge on any atom is -0.321 e. The smallest absolute Gasteiger partial charge is 0.125 e. The number of nitrogens with zero attached hydrogens (tertiary/aromatic N) is 3. The predicted molar refractivity (Wildman–Crippen MR) is 75.2 cm³/mol. The molecule has 0 atom stereocenters. The number of hydrogen-bond donors (Lipinski definition) is 0. The van der Waals surface area contributed by atoms with Crippen LogP contribution in [0.25, 0.3) is 11.0 Å². The highest BCUT2D eigenvalue weighted by atomic mass is 35.5. The van der Waals surface area contributed by atoms with Crippen LogP contribution in [0.5, 0.6) is 0 Å². The van der Waals surface area contributed by atoms with Gasteiger partial charge in [0.25, 0.3) is 0 Å². The van der Waals surface area contributed by atoms with Gasteiger partial charge in [-0.1, -0.05) is 12.1 Å². The lowest BCUT2D eigenvalue weighted by Gasteiger charge is -2.07. The third-order valence-electron chi connectivity index (χ3n) is 2.96. The monoisotopic (exact) mass is 277 g/mol. The average molecular weight is 278 g/mol. The van der Waals surface area contributed by atoms with Gasteiger partial charge in [-0.15, -0.1) is 22.9 Å². The molecule has 0 N–H and O–H groups in total. The Morgan fingerprint density at radius 2 is 2.28 bits per heavy atom. The van der Waals surface area contributed by atoms with E-state index < -0.39 is 0 Å². The van der Waals surface area contributed by atoms with Gasteiger partial charge in [-0.05, 0) is 18.6 Å². The van der Waals surface area contributed by atoms with E-state index in [1.54, 1.807) is 11.3 Å². The number of rotatable bonds is 3. The average Bonchev–Trinajstić information content (AvgIpc) is 2.98. The predicted octanol–water partition coefficient (Wildman–Crippen LogP) is 3.59. The highest BCUT2D eigenvalue weighted by molar-refractivity contribution is 7.09. The van der Waals surface area contributed by atoms with Crippen molar-refractivity contribution in [1.82, 2.24) is 14.5 Å². The maximum atomic E-state index is 6.00. The van der Waals surface area contributed by atoms with Crippen LogP contribution in [-0.4, -0.2) is 14.5 Å². The lowest BCUT2D eigenvalue weighted by Crippen LogP contribution is -2.03. The molecule has 0 aliphatic carbocycles. The summed E-state index contributed by atoms with van der Waals surface area (Å²) in [4.78, 5) is 9.91. The van der Waals surface area contributed by atoms with Crippen molar-refractivity contribution in [2.24, 2.45) is 0 Å². The van der Waals surface area contributed by atoms with Crippen molar-refractivity contribution in [1.29, 1.82) is 0 Å². The number of halogens is 1. The molecule has 0 aliphatic heterocycles. The van der Waals surface area contributed by atoms with Gasteiger partial charge < -0.3 is 4.57 Å². The molecule has 3 nitrogen and oxygen atoms in total. The van der Waals surface area contributed by atoms with Crippen LogP contribution >= 0.6 is 22.9 Å². The molecular weight excluding hydrogens is 266 g/mol. The molecule has 0 unspecified atom stereocenters. The van der Waals surface area contributed by atoms with Gasteiger partial charge in [0.1, 0.15) is 5.82 Å². The van der Waals surface area contributed by atoms with E-state index in [4.69, 9.17) is 11.6 Å². The molecule has 0 bridgehead atoms. The van der Waals surface area contributed by atoms with Crippen LogP contribution < -0.4 is 0 Å². The van der Waals surface area contributed by atoms with Crippen LogP contribution in [0.15, 0.2) is 29.9 Å². The maximum Gasteiger partial charge on any atom is 0.125 e. The highest BCUT2D eigenvalue weighted by Crippen LogP contribution is 2.23. The zero-order valence-corrected chi connectivity index (χ0v) is 11.5. The van der Waals surface area contributed by atoms with Gasteiger partial charge in [-0.2, -0.15) is 0 Å². The lowest BCUT2D eigenvalue weighted by atomic mass is 10.2. The third-order valence-corrected chi connectivity index (χ3v) is 3.97. The molecule has 3 aromatic rings. The van der Waals surface area contributed by atoms with Crippen molar-refractivity contribution < 1.29 is 0 Å². The topological polar surface area (TPSA) is 30.7 Å². The number of aromatic nitrogens is 3. The molecule has 0 radical (unpaired) electrons. The van der Waals surface area contributed by atoms with Crippen LogP contribution in [0.1, 0.15) is 16.3 Å². The first-order valence-corrected chi connectivity index (χ1v) is 7.09. The van der Waals surface area contributed by atoms with Crippen LogP contribution in [0.3, 0.4) is 0 Å². The Bertz CT molecular complexity index is 673. The van der Waals surface area contributed by atoms with E-state index in [2.05, 4.69) is 27.5 Å². The standard InChI is InChI=1S/C13H12ClN3S/c1-9-3-2-4-11-13(9)17(12(5-14)16-11)7-10-6-15-8-18-10/h2-4,6,8H,5,7H2,1H3. The summed E-state index contributed by atoms with van der Waals surface area (Å²) in [5, 5.41) is 0. The summed E-state index contributed by atoms with van der Waals surface area (Å²) in [5.74, 6) is 1.33. The molecule has 0 spiro atoms. The number of para-hydroxylation sites is 1. The largest absolute Gasteiger partial charge is 0.321 e. The van der Waals surface area contributed by atoms with E-state index in [-0.39, 0.29) is 0 Å². The van der Waals surface area contributed by atoms with E-state index in [9.17, 15) is 0 Å². The van der Waals surface area contributed by atoms with Crippen molar-refractivity contribution in [3.05, 3.63) is 46.2 Å². The Labute approximate surface area is 114 Å². The Kier molecular flexibility index (Phi) is 3.06. The Balaban J connectivity index is 2.19. The van der Waals surface area contributed by atoms with Crippen LogP contribution in [0.2, 0.25) is 0 Å². The first kappa shape index (κ1) is 11.7. The molecule has 0 saturated carbocycles. The summed E-state index contributed by atoms with van der Waals surface area (Å²) in [6.07, 6.45) is 1.90. The number of thiazole rings is 1. The third kappa shape index (κ3) is 1.91. The van der Waals surface area contributed by atoms with Gasteiger partial charge in [0, 0.05) is 11.1 Å². The van der Waals surface area contributed by atoms with E-state index in [1.807, 2.05) is 23.8 Å². The normalized spacial score (nSPS) is 11.2. The molecule has 0 saturated heterocycles. The molecule has 1 aromatic carbocycles. The second kappa shape index (κ2) is 4.71. The molecular formula is C13H12ClN3S. The number of alkyl halides is 1. The summed E-state index contributed by atoms with van der Waals surface area (Å²) in [7, 11) is 0. The summed E-state index contributed by atoms with van der Waals surface area (Å²) < 4.78 is 2.19. The van der Waals surface area contributed by atoms with Gasteiger partial charge >= 0.3 is 0 Å². The quantitative estimate of drug-likeness (QED) is 0.685. The molecule has 5 heteroatoms. The van der Waals surface area contributed by atoms with E-state index >= 15 is 0 Å². The maximum absolute atomic E-state index is 6.00. The van der Waals surface area contributed by atoms with Crippen molar-refractivity contribution in [3.8, 4) is 0 Å². The summed E-state index contributed by atoms with van der Waals surface area (Å²) in [5.41, 5.74) is 5.25. The van der Waals surface area contributed by atoms with Crippen LogP contribution in [-0.2, 0) is 12.4 Å². The molecule has 2 aromatic heterocycles. The van der Waals surface area contributed by atoms with Crippen molar-refractivity contribution in [3.63, 3.8) is 0 Å². The zero-order valence-electron chi connectivity index (χ0n) is 9.93. The first-order chi connectivity index (χ1) is 8.79. The van der Waals surface area contributed by atoms with E-state index in [0.29, 0.717) is 5.88 Å². The number of benzene rings is 1. The lowest BCUT2D eigenvalue weighted by molar-refractivity contribution is 0.786.